The van der Waals surface area contributed by atoms with Crippen molar-refractivity contribution in [2.75, 3.05) is 0 Å². The number of aromatic carboxylic acids is 1. The molecule has 0 saturated carbocycles. The average molecular weight is 259 g/mol. The molecule has 16 heavy (non-hydrogen) atoms. The number of nitrogens with zero attached hydrogens (tertiary/aromatic N) is 2. The van der Waals surface area contributed by atoms with E-state index in [0.717, 1.165) is 17.6 Å². The topological polar surface area (TPSA) is 63.1 Å². The van der Waals surface area contributed by atoms with Crippen molar-refractivity contribution in [3.8, 4) is 11.3 Å². The van der Waals surface area contributed by atoms with Crippen LogP contribution in [0.5, 0.6) is 0 Å². The van der Waals surface area contributed by atoms with Gasteiger partial charge in [0.05, 0.1) is 5.02 Å². The second kappa shape index (κ2) is 4.15. The SMILES string of the molecule is O=C(O)c1snnc1-c1ccc(F)c(Cl)c1. The van der Waals surface area contributed by atoms with Crippen LogP contribution in [0.4, 0.5) is 4.39 Å². The van der Waals surface area contributed by atoms with Gasteiger partial charge in [-0.2, -0.15) is 0 Å². The molecular weight excluding hydrogens is 255 g/mol. The Labute approximate surface area is 98.5 Å². The van der Waals surface area contributed by atoms with E-state index >= 15 is 0 Å². The number of aromatic nitrogens is 2. The Morgan fingerprint density at radius 3 is 2.88 bits per heavy atom. The Balaban J connectivity index is 2.54. The van der Waals surface area contributed by atoms with Gasteiger partial charge < -0.3 is 5.11 Å². The quantitative estimate of drug-likeness (QED) is 0.900. The highest BCUT2D eigenvalue weighted by atomic mass is 35.5. The predicted molar refractivity (Wildman–Crippen MR) is 57.3 cm³/mol. The van der Waals surface area contributed by atoms with E-state index in [9.17, 15) is 9.18 Å². The van der Waals surface area contributed by atoms with Crippen molar-refractivity contribution in [1.29, 1.82) is 0 Å². The molecule has 1 aromatic heterocycles. The molecule has 1 N–H and O–H groups in total. The lowest BCUT2D eigenvalue weighted by molar-refractivity contribution is 0.0702. The number of halogens is 2. The number of rotatable bonds is 2. The molecule has 0 spiro atoms. The minimum absolute atomic E-state index is 0.00248. The highest BCUT2D eigenvalue weighted by Crippen LogP contribution is 2.27. The Bertz CT molecular complexity index is 558. The standard InChI is InChI=1S/C9H4ClFN2O2S/c10-5-3-4(1-2-6(5)11)7-8(9(14)15)16-13-12-7/h1-3H,(H,14,15). The molecular formula is C9H4ClFN2O2S. The van der Waals surface area contributed by atoms with Gasteiger partial charge in [-0.1, -0.05) is 16.1 Å². The van der Waals surface area contributed by atoms with Gasteiger partial charge in [0.1, 0.15) is 11.5 Å². The van der Waals surface area contributed by atoms with Gasteiger partial charge in [-0.05, 0) is 29.7 Å². The number of hydrogen-bond donors (Lipinski definition) is 1. The lowest BCUT2D eigenvalue weighted by atomic mass is 10.1. The second-order valence-electron chi connectivity index (χ2n) is 2.88. The van der Waals surface area contributed by atoms with Gasteiger partial charge in [-0.25, -0.2) is 9.18 Å². The zero-order valence-electron chi connectivity index (χ0n) is 7.65. The van der Waals surface area contributed by atoms with E-state index < -0.39 is 11.8 Å². The maximum Gasteiger partial charge on any atom is 0.349 e. The molecule has 0 fully saturated rings. The van der Waals surface area contributed by atoms with E-state index in [4.69, 9.17) is 16.7 Å². The van der Waals surface area contributed by atoms with Crippen LogP contribution < -0.4 is 0 Å². The molecule has 0 unspecified atom stereocenters. The fourth-order valence-corrected chi connectivity index (χ4v) is 1.87. The van der Waals surface area contributed by atoms with Gasteiger partial charge in [0.15, 0.2) is 4.88 Å². The smallest absolute Gasteiger partial charge is 0.349 e. The van der Waals surface area contributed by atoms with Gasteiger partial charge in [0.2, 0.25) is 0 Å². The highest BCUT2D eigenvalue weighted by Gasteiger charge is 2.17. The Morgan fingerprint density at radius 2 is 2.25 bits per heavy atom. The molecule has 4 nitrogen and oxygen atoms in total. The summed E-state index contributed by atoms with van der Waals surface area (Å²) in [6, 6.07) is 3.88. The van der Waals surface area contributed by atoms with E-state index in [1.54, 1.807) is 0 Å². The van der Waals surface area contributed by atoms with Crippen molar-refractivity contribution < 1.29 is 14.3 Å². The van der Waals surface area contributed by atoms with E-state index in [1.165, 1.54) is 12.1 Å². The lowest BCUT2D eigenvalue weighted by Crippen LogP contribution is -1.95. The van der Waals surface area contributed by atoms with Gasteiger partial charge in [0, 0.05) is 5.56 Å². The molecule has 0 bridgehead atoms. The van der Waals surface area contributed by atoms with Crippen LogP contribution in [0.25, 0.3) is 11.3 Å². The van der Waals surface area contributed by atoms with Crippen LogP contribution in [0.2, 0.25) is 5.02 Å². The van der Waals surface area contributed by atoms with Crippen molar-refractivity contribution in [3.05, 3.63) is 33.9 Å². The molecule has 0 atom stereocenters. The third kappa shape index (κ3) is 1.89. The summed E-state index contributed by atoms with van der Waals surface area (Å²) >= 11 is 6.36. The summed E-state index contributed by atoms with van der Waals surface area (Å²) < 4.78 is 16.5. The molecule has 82 valence electrons. The molecule has 2 aromatic rings. The molecule has 1 aromatic carbocycles. The second-order valence-corrected chi connectivity index (χ2v) is 4.05. The number of carboxylic acids is 1. The van der Waals surface area contributed by atoms with Gasteiger partial charge in [-0.3, -0.25) is 0 Å². The first-order valence-electron chi connectivity index (χ1n) is 4.10. The molecule has 2 rings (SSSR count). The summed E-state index contributed by atoms with van der Waals surface area (Å²) in [6.07, 6.45) is 0. The molecule has 1 heterocycles. The van der Waals surface area contributed by atoms with Gasteiger partial charge in [-0.15, -0.1) is 5.10 Å². The Kier molecular flexibility index (Phi) is 2.84. The number of carboxylic acid groups (broad SMARTS) is 1. The van der Waals surface area contributed by atoms with Crippen LogP contribution in [-0.2, 0) is 0 Å². The summed E-state index contributed by atoms with van der Waals surface area (Å²) in [5, 5.41) is 12.5. The fourth-order valence-electron chi connectivity index (χ4n) is 1.16. The van der Waals surface area contributed by atoms with Crippen molar-refractivity contribution in [1.82, 2.24) is 9.59 Å². The zero-order chi connectivity index (χ0) is 11.7. The fraction of sp³-hybridized carbons (Fsp3) is 0. The van der Waals surface area contributed by atoms with Crippen molar-refractivity contribution >= 4 is 29.1 Å². The number of carbonyl (C=O) groups is 1. The minimum atomic E-state index is -1.12. The molecule has 0 aliphatic carbocycles. The largest absolute Gasteiger partial charge is 0.477 e. The van der Waals surface area contributed by atoms with E-state index in [2.05, 4.69) is 9.59 Å². The number of benzene rings is 1. The average Bonchev–Trinajstić information content (AvgIpc) is 2.71. The molecule has 0 radical (unpaired) electrons. The zero-order valence-corrected chi connectivity index (χ0v) is 9.22. The summed E-state index contributed by atoms with van der Waals surface area (Å²) in [6.45, 7) is 0. The first-order chi connectivity index (χ1) is 7.59. The van der Waals surface area contributed by atoms with Crippen LogP contribution >= 0.6 is 23.1 Å². The van der Waals surface area contributed by atoms with E-state index in [1.807, 2.05) is 0 Å². The monoisotopic (exact) mass is 258 g/mol. The first kappa shape index (κ1) is 11.0. The highest BCUT2D eigenvalue weighted by molar-refractivity contribution is 7.08. The molecule has 0 saturated heterocycles. The molecule has 0 amide bonds. The molecule has 0 aliphatic heterocycles. The van der Waals surface area contributed by atoms with Crippen molar-refractivity contribution in [2.45, 2.75) is 0 Å². The first-order valence-corrected chi connectivity index (χ1v) is 5.26. The summed E-state index contributed by atoms with van der Waals surface area (Å²) in [4.78, 5) is 10.8. The molecule has 7 heteroatoms. The van der Waals surface area contributed by atoms with Crippen LogP contribution in [0.15, 0.2) is 18.2 Å². The van der Waals surface area contributed by atoms with Gasteiger partial charge >= 0.3 is 5.97 Å². The van der Waals surface area contributed by atoms with Gasteiger partial charge in [0.25, 0.3) is 0 Å². The van der Waals surface area contributed by atoms with E-state index in [0.29, 0.717) is 5.56 Å². The Morgan fingerprint density at radius 1 is 1.50 bits per heavy atom. The van der Waals surface area contributed by atoms with Crippen molar-refractivity contribution in [3.63, 3.8) is 0 Å². The van der Waals surface area contributed by atoms with E-state index in [-0.39, 0.29) is 15.6 Å². The van der Waals surface area contributed by atoms with Crippen molar-refractivity contribution in [2.24, 2.45) is 0 Å². The summed E-state index contributed by atoms with van der Waals surface area (Å²) in [7, 11) is 0. The maximum absolute atomic E-state index is 12.9. The third-order valence-electron chi connectivity index (χ3n) is 1.88. The van der Waals surface area contributed by atoms with Crippen LogP contribution in [0.3, 0.4) is 0 Å². The summed E-state index contributed by atoms with van der Waals surface area (Å²) in [5.41, 5.74) is 0.622. The summed E-state index contributed by atoms with van der Waals surface area (Å²) in [5.74, 6) is -1.68. The Hall–Kier alpha value is -1.53. The normalized spacial score (nSPS) is 10.4. The minimum Gasteiger partial charge on any atom is -0.477 e. The molecule has 0 aliphatic rings. The van der Waals surface area contributed by atoms with Crippen LogP contribution in [-0.4, -0.2) is 20.7 Å². The van der Waals surface area contributed by atoms with Crippen LogP contribution in [0.1, 0.15) is 9.67 Å². The lowest BCUT2D eigenvalue weighted by Gasteiger charge is -1.99. The number of hydrogen-bond acceptors (Lipinski definition) is 4. The maximum atomic E-state index is 12.9. The third-order valence-corrected chi connectivity index (χ3v) is 2.88. The van der Waals surface area contributed by atoms with Crippen LogP contribution in [0, 0.1) is 5.82 Å². The predicted octanol–water partition coefficient (Wildman–Crippen LogP) is 2.70.